The molecular weight excluding hydrogens is 244 g/mol. The molecule has 0 N–H and O–H groups in total. The Morgan fingerprint density at radius 3 is 2.00 bits per heavy atom. The lowest BCUT2D eigenvalue weighted by Gasteiger charge is -2.35. The highest BCUT2D eigenvalue weighted by atomic mass is 28.4. The third-order valence-electron chi connectivity index (χ3n) is 3.31. The second-order valence-corrected chi connectivity index (χ2v) is 7.47. The molecule has 1 rings (SSSR count). The quantitative estimate of drug-likeness (QED) is 0.519. The summed E-state index contributed by atoms with van der Waals surface area (Å²) in [6.07, 6.45) is 10.4. The number of rotatable bonds is 7. The molecule has 1 aliphatic rings. The minimum absolute atomic E-state index is 0.460. The zero-order valence-corrected chi connectivity index (χ0v) is 13.1. The molecule has 0 fully saturated rings. The van der Waals surface area contributed by atoms with Gasteiger partial charge in [0, 0.05) is 25.4 Å². The summed E-state index contributed by atoms with van der Waals surface area (Å²) in [5.41, 5.74) is 0.460. The Hall–Kier alpha value is -0.163. The summed E-state index contributed by atoms with van der Waals surface area (Å²) in [5.74, 6) is 0. The largest absolute Gasteiger partial charge is 0.504 e. The standard InChI is InChI=1S/C14H28O3Si/c1-4-15-18(16-5-2,17-6-3)14-12-10-8-7-9-11-13-14/h7-8,14H,4-6,9-13H2,1-3H3/b8-7-. The molecule has 0 amide bonds. The van der Waals surface area contributed by atoms with Crippen LogP contribution in [-0.2, 0) is 13.3 Å². The van der Waals surface area contributed by atoms with Crippen molar-refractivity contribution in [1.29, 1.82) is 0 Å². The maximum Gasteiger partial charge on any atom is 0.504 e. The van der Waals surface area contributed by atoms with E-state index >= 15 is 0 Å². The molecule has 0 bridgehead atoms. The van der Waals surface area contributed by atoms with E-state index in [1.54, 1.807) is 0 Å². The van der Waals surface area contributed by atoms with E-state index in [2.05, 4.69) is 12.2 Å². The van der Waals surface area contributed by atoms with Crippen LogP contribution in [0.4, 0.5) is 0 Å². The monoisotopic (exact) mass is 272 g/mol. The molecule has 18 heavy (non-hydrogen) atoms. The van der Waals surface area contributed by atoms with Gasteiger partial charge in [-0.15, -0.1) is 0 Å². The summed E-state index contributed by atoms with van der Waals surface area (Å²) < 4.78 is 18.0. The summed E-state index contributed by atoms with van der Waals surface area (Å²) >= 11 is 0. The van der Waals surface area contributed by atoms with E-state index in [0.29, 0.717) is 25.4 Å². The SMILES string of the molecule is CCO[Si](OCC)(OCC)C1CC/C=C\CCC1. The summed E-state index contributed by atoms with van der Waals surface area (Å²) in [6, 6.07) is 0. The fourth-order valence-corrected chi connectivity index (χ4v) is 5.84. The van der Waals surface area contributed by atoms with Crippen molar-refractivity contribution in [2.24, 2.45) is 0 Å². The van der Waals surface area contributed by atoms with E-state index in [0.717, 1.165) is 19.3 Å². The van der Waals surface area contributed by atoms with Crippen LogP contribution in [0.5, 0.6) is 0 Å². The first-order chi connectivity index (χ1) is 8.79. The van der Waals surface area contributed by atoms with Gasteiger partial charge in [0.1, 0.15) is 0 Å². The van der Waals surface area contributed by atoms with E-state index in [1.807, 2.05) is 20.8 Å². The van der Waals surface area contributed by atoms with Crippen molar-refractivity contribution in [2.75, 3.05) is 19.8 Å². The average molecular weight is 272 g/mol. The molecule has 0 saturated heterocycles. The first-order valence-electron chi connectivity index (χ1n) is 7.35. The Balaban J connectivity index is 2.79. The van der Waals surface area contributed by atoms with Gasteiger partial charge in [-0.2, -0.15) is 0 Å². The van der Waals surface area contributed by atoms with Gasteiger partial charge in [-0.25, -0.2) is 0 Å². The molecule has 1 unspecified atom stereocenters. The van der Waals surface area contributed by atoms with Crippen LogP contribution in [0, 0.1) is 0 Å². The minimum atomic E-state index is -2.48. The van der Waals surface area contributed by atoms with Gasteiger partial charge in [0.05, 0.1) is 0 Å². The van der Waals surface area contributed by atoms with Gasteiger partial charge < -0.3 is 13.3 Å². The van der Waals surface area contributed by atoms with Crippen LogP contribution < -0.4 is 0 Å². The van der Waals surface area contributed by atoms with E-state index in [-0.39, 0.29) is 0 Å². The Bertz CT molecular complexity index is 226. The van der Waals surface area contributed by atoms with Crippen molar-refractivity contribution in [3.05, 3.63) is 12.2 Å². The van der Waals surface area contributed by atoms with Crippen LogP contribution in [0.3, 0.4) is 0 Å². The summed E-state index contributed by atoms with van der Waals surface area (Å²) in [6.45, 7) is 8.13. The van der Waals surface area contributed by atoms with Crippen molar-refractivity contribution in [2.45, 2.75) is 58.4 Å². The van der Waals surface area contributed by atoms with Crippen molar-refractivity contribution >= 4 is 8.80 Å². The van der Waals surface area contributed by atoms with Crippen LogP contribution in [0.2, 0.25) is 5.54 Å². The summed E-state index contributed by atoms with van der Waals surface area (Å²) in [7, 11) is -2.48. The van der Waals surface area contributed by atoms with Crippen molar-refractivity contribution in [3.8, 4) is 0 Å². The van der Waals surface area contributed by atoms with Crippen LogP contribution in [0.25, 0.3) is 0 Å². The second-order valence-electron chi connectivity index (χ2n) is 4.58. The van der Waals surface area contributed by atoms with Gasteiger partial charge in [-0.1, -0.05) is 12.2 Å². The topological polar surface area (TPSA) is 27.7 Å². The zero-order valence-electron chi connectivity index (χ0n) is 12.1. The van der Waals surface area contributed by atoms with Gasteiger partial charge in [-0.3, -0.25) is 0 Å². The Morgan fingerprint density at radius 1 is 0.889 bits per heavy atom. The number of hydrogen-bond donors (Lipinski definition) is 0. The molecule has 0 spiro atoms. The molecular formula is C14H28O3Si. The van der Waals surface area contributed by atoms with Crippen LogP contribution in [0.1, 0.15) is 52.9 Å². The first kappa shape index (κ1) is 15.9. The summed E-state index contributed by atoms with van der Waals surface area (Å²) in [5, 5.41) is 0. The molecule has 3 nitrogen and oxygen atoms in total. The lowest BCUT2D eigenvalue weighted by Crippen LogP contribution is -2.50. The molecule has 0 aliphatic heterocycles. The molecule has 0 heterocycles. The van der Waals surface area contributed by atoms with Crippen molar-refractivity contribution < 1.29 is 13.3 Å². The third-order valence-corrected chi connectivity index (χ3v) is 6.96. The Kier molecular flexibility index (Phi) is 7.82. The first-order valence-corrected chi connectivity index (χ1v) is 9.16. The molecule has 0 aromatic carbocycles. The Labute approximate surface area is 113 Å². The molecule has 0 aromatic rings. The van der Waals surface area contributed by atoms with Crippen LogP contribution >= 0.6 is 0 Å². The highest BCUT2D eigenvalue weighted by Crippen LogP contribution is 2.36. The maximum atomic E-state index is 6.02. The molecule has 1 aliphatic carbocycles. The van der Waals surface area contributed by atoms with Gasteiger partial charge >= 0.3 is 8.80 Å². The molecule has 4 heteroatoms. The van der Waals surface area contributed by atoms with E-state index in [1.165, 1.54) is 12.8 Å². The normalized spacial score (nSPS) is 23.4. The fraction of sp³-hybridized carbons (Fsp3) is 0.857. The highest BCUT2D eigenvalue weighted by Gasteiger charge is 2.48. The van der Waals surface area contributed by atoms with E-state index in [9.17, 15) is 0 Å². The van der Waals surface area contributed by atoms with Gasteiger partial charge in [-0.05, 0) is 52.9 Å². The lowest BCUT2D eigenvalue weighted by atomic mass is 10.1. The average Bonchev–Trinajstić information content (AvgIpc) is 2.29. The van der Waals surface area contributed by atoms with Gasteiger partial charge in [0.15, 0.2) is 0 Å². The number of allylic oxidation sites excluding steroid dienone is 2. The molecule has 106 valence electrons. The highest BCUT2D eigenvalue weighted by molar-refractivity contribution is 6.62. The van der Waals surface area contributed by atoms with Crippen molar-refractivity contribution in [1.82, 2.24) is 0 Å². The van der Waals surface area contributed by atoms with Crippen LogP contribution in [-0.4, -0.2) is 28.6 Å². The third kappa shape index (κ3) is 4.50. The number of hydrogen-bond acceptors (Lipinski definition) is 3. The van der Waals surface area contributed by atoms with E-state index in [4.69, 9.17) is 13.3 Å². The summed E-state index contributed by atoms with van der Waals surface area (Å²) in [4.78, 5) is 0. The zero-order chi connectivity index (χ0) is 13.3. The maximum absolute atomic E-state index is 6.02. The molecule has 0 saturated carbocycles. The minimum Gasteiger partial charge on any atom is -0.374 e. The van der Waals surface area contributed by atoms with Crippen molar-refractivity contribution in [3.63, 3.8) is 0 Å². The predicted molar refractivity (Wildman–Crippen MR) is 76.6 cm³/mol. The smallest absolute Gasteiger partial charge is 0.374 e. The van der Waals surface area contributed by atoms with E-state index < -0.39 is 8.80 Å². The predicted octanol–water partition coefficient (Wildman–Crippen LogP) is 3.93. The lowest BCUT2D eigenvalue weighted by molar-refractivity contribution is 0.0584. The van der Waals surface area contributed by atoms with Crippen LogP contribution in [0.15, 0.2) is 12.2 Å². The van der Waals surface area contributed by atoms with Gasteiger partial charge in [0.25, 0.3) is 0 Å². The molecule has 0 radical (unpaired) electrons. The second kappa shape index (κ2) is 8.86. The fourth-order valence-electron chi connectivity index (χ4n) is 2.60. The molecule has 0 aromatic heterocycles. The van der Waals surface area contributed by atoms with Gasteiger partial charge in [0.2, 0.25) is 0 Å². The Morgan fingerprint density at radius 2 is 1.44 bits per heavy atom. The molecule has 1 atom stereocenters.